The zero-order chi connectivity index (χ0) is 10.4. The minimum atomic E-state index is -0.454. The number of hydrogen-bond donors (Lipinski definition) is 2. The third-order valence-corrected chi connectivity index (χ3v) is 1.65. The topological polar surface area (TPSA) is 77.2 Å². The van der Waals surface area contributed by atoms with E-state index in [1.165, 1.54) is 7.11 Å². The van der Waals surface area contributed by atoms with Gasteiger partial charge in [-0.05, 0) is 12.1 Å². The summed E-state index contributed by atoms with van der Waals surface area (Å²) in [5.74, 6) is -0.454. The number of anilines is 1. The first-order valence-corrected chi connectivity index (χ1v) is 4.27. The smallest absolute Gasteiger partial charge is 0.358 e. The second-order valence-corrected chi connectivity index (χ2v) is 2.61. The normalized spacial score (nSPS) is 9.57. The van der Waals surface area contributed by atoms with E-state index in [1.807, 2.05) is 0 Å². The number of rotatable bonds is 4. The summed E-state index contributed by atoms with van der Waals surface area (Å²) in [6.07, 6.45) is 1.54. The van der Waals surface area contributed by atoms with E-state index in [0.717, 1.165) is 0 Å². The van der Waals surface area contributed by atoms with Crippen LogP contribution in [0.15, 0.2) is 18.3 Å². The molecule has 0 atom stereocenters. The van der Waals surface area contributed by atoms with Crippen molar-refractivity contribution in [1.29, 1.82) is 0 Å². The first-order valence-electron chi connectivity index (χ1n) is 4.27. The van der Waals surface area contributed by atoms with Crippen LogP contribution in [-0.2, 0) is 4.74 Å². The van der Waals surface area contributed by atoms with Crippen molar-refractivity contribution >= 4 is 11.7 Å². The molecule has 76 valence electrons. The second-order valence-electron chi connectivity index (χ2n) is 2.61. The second kappa shape index (κ2) is 5.18. The molecule has 0 radical (unpaired) electrons. The van der Waals surface area contributed by atoms with Crippen molar-refractivity contribution in [2.45, 2.75) is 0 Å². The van der Waals surface area contributed by atoms with E-state index in [9.17, 15) is 4.79 Å². The number of carbonyl (C=O) groups is 1. The largest absolute Gasteiger partial charge is 0.464 e. The molecule has 3 N–H and O–H groups in total. The van der Waals surface area contributed by atoms with Gasteiger partial charge in [-0.15, -0.1) is 0 Å². The molecule has 5 heteroatoms. The van der Waals surface area contributed by atoms with Gasteiger partial charge in [-0.3, -0.25) is 0 Å². The van der Waals surface area contributed by atoms with E-state index in [0.29, 0.717) is 18.8 Å². The molecule has 14 heavy (non-hydrogen) atoms. The maximum absolute atomic E-state index is 11.2. The van der Waals surface area contributed by atoms with Crippen molar-refractivity contribution < 1.29 is 9.53 Å². The van der Waals surface area contributed by atoms with Crippen LogP contribution in [0.2, 0.25) is 0 Å². The van der Waals surface area contributed by atoms with Crippen molar-refractivity contribution in [3.8, 4) is 0 Å². The van der Waals surface area contributed by atoms with Crippen molar-refractivity contribution in [3.05, 3.63) is 24.0 Å². The van der Waals surface area contributed by atoms with E-state index in [2.05, 4.69) is 15.0 Å². The third kappa shape index (κ3) is 2.43. The molecular weight excluding hydrogens is 182 g/mol. The zero-order valence-corrected chi connectivity index (χ0v) is 7.99. The van der Waals surface area contributed by atoms with Gasteiger partial charge in [0.2, 0.25) is 0 Å². The Morgan fingerprint density at radius 1 is 1.71 bits per heavy atom. The fourth-order valence-electron chi connectivity index (χ4n) is 1.01. The average Bonchev–Trinajstić information content (AvgIpc) is 2.25. The van der Waals surface area contributed by atoms with E-state index in [4.69, 9.17) is 5.73 Å². The third-order valence-electron chi connectivity index (χ3n) is 1.65. The Kier molecular flexibility index (Phi) is 3.87. The van der Waals surface area contributed by atoms with E-state index < -0.39 is 5.97 Å². The quantitative estimate of drug-likeness (QED) is 0.673. The van der Waals surface area contributed by atoms with E-state index in [1.54, 1.807) is 18.3 Å². The number of carbonyl (C=O) groups excluding carboxylic acids is 1. The van der Waals surface area contributed by atoms with Gasteiger partial charge in [0, 0.05) is 19.3 Å². The maximum atomic E-state index is 11.2. The van der Waals surface area contributed by atoms with Gasteiger partial charge < -0.3 is 15.8 Å². The van der Waals surface area contributed by atoms with Gasteiger partial charge in [0.15, 0.2) is 5.69 Å². The summed E-state index contributed by atoms with van der Waals surface area (Å²) < 4.78 is 4.58. The SMILES string of the molecule is COC(=O)c1ncccc1NCCN. The zero-order valence-electron chi connectivity index (χ0n) is 7.99. The molecule has 0 bridgehead atoms. The van der Waals surface area contributed by atoms with Gasteiger partial charge in [-0.1, -0.05) is 0 Å². The first-order chi connectivity index (χ1) is 6.79. The maximum Gasteiger partial charge on any atom is 0.358 e. The lowest BCUT2D eigenvalue weighted by molar-refractivity contribution is 0.0595. The lowest BCUT2D eigenvalue weighted by Crippen LogP contribution is -2.16. The summed E-state index contributed by atoms with van der Waals surface area (Å²) in [5, 5.41) is 2.99. The standard InChI is InChI=1S/C9H13N3O2/c1-14-9(13)8-7(11-6-4-10)3-2-5-12-8/h2-3,5,11H,4,6,10H2,1H3. The Hall–Kier alpha value is -1.62. The van der Waals surface area contributed by atoms with Crippen LogP contribution in [0.5, 0.6) is 0 Å². The average molecular weight is 195 g/mol. The van der Waals surface area contributed by atoms with Gasteiger partial charge in [-0.25, -0.2) is 9.78 Å². The minimum Gasteiger partial charge on any atom is -0.464 e. The summed E-state index contributed by atoms with van der Waals surface area (Å²) >= 11 is 0. The van der Waals surface area contributed by atoms with Crippen molar-refractivity contribution in [1.82, 2.24) is 4.98 Å². The highest BCUT2D eigenvalue weighted by Crippen LogP contribution is 2.12. The molecular formula is C9H13N3O2. The Morgan fingerprint density at radius 2 is 2.50 bits per heavy atom. The predicted octanol–water partition coefficient (Wildman–Crippen LogP) is 0.239. The Morgan fingerprint density at radius 3 is 3.14 bits per heavy atom. The van der Waals surface area contributed by atoms with Crippen LogP contribution in [0.4, 0.5) is 5.69 Å². The summed E-state index contributed by atoms with van der Waals surface area (Å²) in [4.78, 5) is 15.2. The van der Waals surface area contributed by atoms with Crippen LogP contribution in [0.1, 0.15) is 10.5 Å². The van der Waals surface area contributed by atoms with Gasteiger partial charge in [-0.2, -0.15) is 0 Å². The number of nitrogens with zero attached hydrogens (tertiary/aromatic N) is 1. The van der Waals surface area contributed by atoms with Crippen molar-refractivity contribution in [2.24, 2.45) is 5.73 Å². The number of esters is 1. The Balaban J connectivity index is 2.85. The number of pyridine rings is 1. The summed E-state index contributed by atoms with van der Waals surface area (Å²) in [6, 6.07) is 3.50. The summed E-state index contributed by atoms with van der Waals surface area (Å²) in [5.41, 5.74) is 6.26. The summed E-state index contributed by atoms with van der Waals surface area (Å²) in [7, 11) is 1.32. The molecule has 1 aromatic rings. The van der Waals surface area contributed by atoms with Crippen LogP contribution >= 0.6 is 0 Å². The van der Waals surface area contributed by atoms with Crippen LogP contribution in [0.25, 0.3) is 0 Å². The lowest BCUT2D eigenvalue weighted by atomic mass is 10.3. The molecule has 0 saturated heterocycles. The molecule has 0 saturated carbocycles. The number of ether oxygens (including phenoxy) is 1. The highest BCUT2D eigenvalue weighted by atomic mass is 16.5. The van der Waals surface area contributed by atoms with Crippen LogP contribution < -0.4 is 11.1 Å². The van der Waals surface area contributed by atoms with E-state index >= 15 is 0 Å². The molecule has 5 nitrogen and oxygen atoms in total. The molecule has 0 aliphatic rings. The van der Waals surface area contributed by atoms with Crippen molar-refractivity contribution in [3.63, 3.8) is 0 Å². The molecule has 1 aromatic heterocycles. The van der Waals surface area contributed by atoms with Crippen LogP contribution in [-0.4, -0.2) is 31.2 Å². The fourth-order valence-corrected chi connectivity index (χ4v) is 1.01. The first kappa shape index (κ1) is 10.5. The van der Waals surface area contributed by atoms with Gasteiger partial charge in [0.05, 0.1) is 12.8 Å². The van der Waals surface area contributed by atoms with Gasteiger partial charge in [0.25, 0.3) is 0 Å². The van der Waals surface area contributed by atoms with E-state index in [-0.39, 0.29) is 5.69 Å². The number of aromatic nitrogens is 1. The molecule has 1 heterocycles. The monoisotopic (exact) mass is 195 g/mol. The van der Waals surface area contributed by atoms with Crippen LogP contribution in [0.3, 0.4) is 0 Å². The highest BCUT2D eigenvalue weighted by molar-refractivity contribution is 5.93. The molecule has 0 aliphatic carbocycles. The molecule has 0 aliphatic heterocycles. The van der Waals surface area contributed by atoms with Gasteiger partial charge >= 0.3 is 5.97 Å². The number of methoxy groups -OCH3 is 1. The predicted molar refractivity (Wildman–Crippen MR) is 53.1 cm³/mol. The molecule has 1 rings (SSSR count). The molecule has 0 amide bonds. The number of nitrogens with one attached hydrogen (secondary N) is 1. The van der Waals surface area contributed by atoms with Crippen molar-refractivity contribution in [2.75, 3.05) is 25.5 Å². The number of nitrogens with two attached hydrogens (primary N) is 1. The molecule has 0 fully saturated rings. The molecule has 0 spiro atoms. The Labute approximate surface area is 82.3 Å². The summed E-state index contributed by atoms with van der Waals surface area (Å²) in [6.45, 7) is 1.09. The Bertz CT molecular complexity index is 315. The lowest BCUT2D eigenvalue weighted by Gasteiger charge is -2.07. The molecule has 0 unspecified atom stereocenters. The van der Waals surface area contributed by atoms with Gasteiger partial charge in [0.1, 0.15) is 0 Å². The fraction of sp³-hybridized carbons (Fsp3) is 0.333. The number of hydrogen-bond acceptors (Lipinski definition) is 5. The minimum absolute atomic E-state index is 0.281. The highest BCUT2D eigenvalue weighted by Gasteiger charge is 2.11. The molecule has 0 aromatic carbocycles. The van der Waals surface area contributed by atoms with Crippen LogP contribution in [0, 0.1) is 0 Å².